The fourth-order valence-electron chi connectivity index (χ4n) is 1.75. The molecule has 0 saturated heterocycles. The zero-order valence-electron chi connectivity index (χ0n) is 11.3. The van der Waals surface area contributed by atoms with Gasteiger partial charge < -0.3 is 15.4 Å². The summed E-state index contributed by atoms with van der Waals surface area (Å²) >= 11 is 0. The number of carbonyl (C=O) groups excluding carboxylic acids is 1. The smallest absolute Gasteiger partial charge is 0.319 e. The molecule has 100 valence electrons. The van der Waals surface area contributed by atoms with Crippen molar-refractivity contribution in [2.45, 2.75) is 39.3 Å². The molecular formula is C14H22N2O2. The number of nitrogens with one attached hydrogen (secondary N) is 2. The number of carbonyl (C=O) groups is 1. The van der Waals surface area contributed by atoms with Gasteiger partial charge in [0.05, 0.1) is 6.61 Å². The van der Waals surface area contributed by atoms with E-state index in [1.54, 1.807) is 7.11 Å². The Balaban J connectivity index is 2.55. The quantitative estimate of drug-likeness (QED) is 0.815. The van der Waals surface area contributed by atoms with E-state index in [1.807, 2.05) is 24.3 Å². The van der Waals surface area contributed by atoms with Crippen molar-refractivity contribution in [2.24, 2.45) is 0 Å². The number of urea groups is 1. The van der Waals surface area contributed by atoms with Crippen LogP contribution in [0.5, 0.6) is 0 Å². The lowest BCUT2D eigenvalue weighted by Crippen LogP contribution is -2.37. The van der Waals surface area contributed by atoms with Crippen molar-refractivity contribution in [1.29, 1.82) is 0 Å². The zero-order valence-corrected chi connectivity index (χ0v) is 11.3. The first kappa shape index (κ1) is 14.5. The van der Waals surface area contributed by atoms with Gasteiger partial charge in [0.1, 0.15) is 0 Å². The first-order chi connectivity index (χ1) is 8.69. The Hall–Kier alpha value is -1.55. The predicted molar refractivity (Wildman–Crippen MR) is 73.7 cm³/mol. The Morgan fingerprint density at radius 3 is 2.67 bits per heavy atom. The van der Waals surface area contributed by atoms with E-state index in [-0.39, 0.29) is 12.1 Å². The largest absolute Gasteiger partial charge is 0.380 e. The van der Waals surface area contributed by atoms with E-state index in [0.717, 1.165) is 24.1 Å². The molecule has 2 N–H and O–H groups in total. The monoisotopic (exact) mass is 250 g/mol. The molecule has 0 aliphatic rings. The van der Waals surface area contributed by atoms with Crippen molar-refractivity contribution in [3.8, 4) is 0 Å². The van der Waals surface area contributed by atoms with Gasteiger partial charge in [-0.3, -0.25) is 0 Å². The Bertz CT molecular complexity index is 376. The van der Waals surface area contributed by atoms with Crippen molar-refractivity contribution in [1.82, 2.24) is 5.32 Å². The van der Waals surface area contributed by atoms with Gasteiger partial charge >= 0.3 is 6.03 Å². The minimum Gasteiger partial charge on any atom is -0.380 e. The molecule has 0 aliphatic heterocycles. The predicted octanol–water partition coefficient (Wildman–Crippen LogP) is 3.14. The Morgan fingerprint density at radius 2 is 2.06 bits per heavy atom. The average molecular weight is 250 g/mol. The lowest BCUT2D eigenvalue weighted by Gasteiger charge is -2.15. The molecule has 1 aromatic carbocycles. The number of hydrogen-bond acceptors (Lipinski definition) is 2. The van der Waals surface area contributed by atoms with Crippen LogP contribution in [0.1, 0.15) is 32.3 Å². The molecule has 0 aromatic heterocycles. The number of hydrogen-bond donors (Lipinski definition) is 2. The van der Waals surface area contributed by atoms with E-state index in [4.69, 9.17) is 4.74 Å². The van der Waals surface area contributed by atoms with Gasteiger partial charge in [0.15, 0.2) is 0 Å². The van der Waals surface area contributed by atoms with E-state index in [2.05, 4.69) is 24.5 Å². The summed E-state index contributed by atoms with van der Waals surface area (Å²) in [7, 11) is 1.65. The van der Waals surface area contributed by atoms with Crippen molar-refractivity contribution < 1.29 is 9.53 Å². The van der Waals surface area contributed by atoms with Crippen LogP contribution in [0.25, 0.3) is 0 Å². The standard InChI is InChI=1S/C14H22N2O2/c1-4-12(5-2)15-14(17)16-13-8-6-7-11(9-13)10-18-3/h6-9,12H,4-5,10H2,1-3H3,(H2,15,16,17). The maximum Gasteiger partial charge on any atom is 0.319 e. The minimum absolute atomic E-state index is 0.154. The van der Waals surface area contributed by atoms with Crippen molar-refractivity contribution >= 4 is 11.7 Å². The lowest BCUT2D eigenvalue weighted by atomic mass is 10.2. The fourth-order valence-corrected chi connectivity index (χ4v) is 1.75. The fraction of sp³-hybridized carbons (Fsp3) is 0.500. The molecule has 0 aliphatic carbocycles. The third-order valence-corrected chi connectivity index (χ3v) is 2.82. The SMILES string of the molecule is CCC(CC)NC(=O)Nc1cccc(COC)c1. The summed E-state index contributed by atoms with van der Waals surface area (Å²) in [6, 6.07) is 7.72. The molecule has 1 aromatic rings. The molecule has 0 unspecified atom stereocenters. The summed E-state index contributed by atoms with van der Waals surface area (Å²) in [6.07, 6.45) is 1.88. The second-order valence-electron chi connectivity index (χ2n) is 4.25. The van der Waals surface area contributed by atoms with Crippen LogP contribution < -0.4 is 10.6 Å². The molecule has 2 amide bonds. The highest BCUT2D eigenvalue weighted by molar-refractivity contribution is 5.89. The lowest BCUT2D eigenvalue weighted by molar-refractivity contribution is 0.185. The molecule has 0 heterocycles. The molecule has 4 heteroatoms. The number of ether oxygens (including phenoxy) is 1. The summed E-state index contributed by atoms with van der Waals surface area (Å²) < 4.78 is 5.06. The average Bonchev–Trinajstić information content (AvgIpc) is 2.36. The van der Waals surface area contributed by atoms with E-state index >= 15 is 0 Å². The highest BCUT2D eigenvalue weighted by atomic mass is 16.5. The first-order valence-corrected chi connectivity index (χ1v) is 6.35. The number of methoxy groups -OCH3 is 1. The van der Waals surface area contributed by atoms with E-state index in [0.29, 0.717) is 6.61 Å². The number of benzene rings is 1. The normalized spacial score (nSPS) is 10.4. The van der Waals surface area contributed by atoms with Crippen LogP contribution in [-0.4, -0.2) is 19.2 Å². The third-order valence-electron chi connectivity index (χ3n) is 2.82. The van der Waals surface area contributed by atoms with Gasteiger partial charge in [0.25, 0.3) is 0 Å². The van der Waals surface area contributed by atoms with Gasteiger partial charge in [-0.25, -0.2) is 4.79 Å². The second kappa shape index (κ2) is 7.71. The van der Waals surface area contributed by atoms with Crippen molar-refractivity contribution in [2.75, 3.05) is 12.4 Å². The van der Waals surface area contributed by atoms with Gasteiger partial charge in [-0.15, -0.1) is 0 Å². The Morgan fingerprint density at radius 1 is 1.33 bits per heavy atom. The molecule has 4 nitrogen and oxygen atoms in total. The number of rotatable bonds is 6. The summed E-state index contributed by atoms with van der Waals surface area (Å²) in [5.41, 5.74) is 1.82. The topological polar surface area (TPSA) is 50.4 Å². The molecule has 0 saturated carbocycles. The van der Waals surface area contributed by atoms with E-state index in [9.17, 15) is 4.79 Å². The summed E-state index contributed by atoms with van der Waals surface area (Å²) in [6.45, 7) is 4.67. The Labute approximate surface area is 109 Å². The van der Waals surface area contributed by atoms with E-state index in [1.165, 1.54) is 0 Å². The van der Waals surface area contributed by atoms with Gasteiger partial charge in [-0.1, -0.05) is 26.0 Å². The van der Waals surface area contributed by atoms with Crippen LogP contribution in [0.2, 0.25) is 0 Å². The van der Waals surface area contributed by atoms with Crippen molar-refractivity contribution in [3.63, 3.8) is 0 Å². The van der Waals surface area contributed by atoms with Gasteiger partial charge in [0.2, 0.25) is 0 Å². The molecule has 1 rings (SSSR count). The van der Waals surface area contributed by atoms with Crippen LogP contribution in [0.4, 0.5) is 10.5 Å². The first-order valence-electron chi connectivity index (χ1n) is 6.35. The van der Waals surface area contributed by atoms with Crippen LogP contribution in [0.3, 0.4) is 0 Å². The molecule has 0 bridgehead atoms. The van der Waals surface area contributed by atoms with Gasteiger partial charge in [-0.2, -0.15) is 0 Å². The molecule has 0 radical (unpaired) electrons. The Kier molecular flexibility index (Phi) is 6.22. The summed E-state index contributed by atoms with van der Waals surface area (Å²) in [5.74, 6) is 0. The molecule has 0 fully saturated rings. The van der Waals surface area contributed by atoms with E-state index < -0.39 is 0 Å². The second-order valence-corrected chi connectivity index (χ2v) is 4.25. The molecule has 0 spiro atoms. The molecule has 0 atom stereocenters. The number of anilines is 1. The van der Waals surface area contributed by atoms with Crippen LogP contribution >= 0.6 is 0 Å². The van der Waals surface area contributed by atoms with Gasteiger partial charge in [-0.05, 0) is 30.5 Å². The highest BCUT2D eigenvalue weighted by Crippen LogP contribution is 2.11. The van der Waals surface area contributed by atoms with Crippen LogP contribution in [0, 0.1) is 0 Å². The van der Waals surface area contributed by atoms with Crippen LogP contribution in [0.15, 0.2) is 24.3 Å². The maximum absolute atomic E-state index is 11.8. The van der Waals surface area contributed by atoms with Crippen molar-refractivity contribution in [3.05, 3.63) is 29.8 Å². The summed E-state index contributed by atoms with van der Waals surface area (Å²) in [5, 5.41) is 5.77. The third kappa shape index (κ3) is 4.75. The highest BCUT2D eigenvalue weighted by Gasteiger charge is 2.08. The molecular weight excluding hydrogens is 228 g/mol. The maximum atomic E-state index is 11.8. The minimum atomic E-state index is -0.154. The zero-order chi connectivity index (χ0) is 13.4. The van der Waals surface area contributed by atoms with Gasteiger partial charge in [0, 0.05) is 18.8 Å². The number of amides is 2. The summed E-state index contributed by atoms with van der Waals surface area (Å²) in [4.78, 5) is 11.8. The van der Waals surface area contributed by atoms with Crippen LogP contribution in [-0.2, 0) is 11.3 Å². The molecule has 18 heavy (non-hydrogen) atoms.